The Balaban J connectivity index is 3.24. The monoisotopic (exact) mass is 204 g/mol. The topological polar surface area (TPSA) is 90.7 Å². The lowest BCUT2D eigenvalue weighted by Crippen LogP contribution is -2.29. The molecule has 0 bridgehead atoms. The summed E-state index contributed by atoms with van der Waals surface area (Å²) in [6, 6.07) is 0. The van der Waals surface area contributed by atoms with Crippen molar-refractivity contribution in [3.8, 4) is 0 Å². The Kier molecular flexibility index (Phi) is 7.77. The van der Waals surface area contributed by atoms with Gasteiger partial charge in [-0.25, -0.2) is 5.48 Å². The van der Waals surface area contributed by atoms with Crippen molar-refractivity contribution < 1.29 is 19.2 Å². The molecule has 0 aliphatic carbocycles. The Hall–Kier alpha value is -1.14. The third-order valence-electron chi connectivity index (χ3n) is 1.30. The van der Waals surface area contributed by atoms with E-state index in [9.17, 15) is 9.59 Å². The average molecular weight is 204 g/mol. The molecule has 14 heavy (non-hydrogen) atoms. The van der Waals surface area contributed by atoms with Crippen LogP contribution in [0.4, 0.5) is 0 Å². The van der Waals surface area contributed by atoms with Crippen LogP contribution in [0.1, 0.15) is 19.8 Å². The van der Waals surface area contributed by atoms with E-state index in [4.69, 9.17) is 10.5 Å². The van der Waals surface area contributed by atoms with Crippen molar-refractivity contribution in [1.29, 1.82) is 0 Å². The number of hydrogen-bond donors (Lipinski definition) is 2. The van der Waals surface area contributed by atoms with Crippen LogP contribution in [0.15, 0.2) is 0 Å². The minimum atomic E-state index is -0.625. The fraction of sp³-hybridized carbons (Fsp3) is 0.750. The van der Waals surface area contributed by atoms with Gasteiger partial charge < -0.3 is 10.5 Å². The molecular formula is C8H16N2O4. The highest BCUT2D eigenvalue weighted by Crippen LogP contribution is 1.89. The highest BCUT2D eigenvalue weighted by atomic mass is 16.7. The summed E-state index contributed by atoms with van der Waals surface area (Å²) >= 11 is 0. The molecule has 0 atom stereocenters. The number of amides is 2. The van der Waals surface area contributed by atoms with Crippen molar-refractivity contribution in [3.63, 3.8) is 0 Å². The summed E-state index contributed by atoms with van der Waals surface area (Å²) < 4.78 is 5.03. The second-order valence-electron chi connectivity index (χ2n) is 2.58. The molecule has 0 aliphatic heterocycles. The number of nitrogens with two attached hydrogens (primary N) is 1. The Morgan fingerprint density at radius 2 is 2.14 bits per heavy atom. The van der Waals surface area contributed by atoms with E-state index in [1.54, 1.807) is 0 Å². The van der Waals surface area contributed by atoms with E-state index in [1.165, 1.54) is 0 Å². The van der Waals surface area contributed by atoms with Gasteiger partial charge in [-0.2, -0.15) is 0 Å². The van der Waals surface area contributed by atoms with Gasteiger partial charge in [0.25, 0.3) is 0 Å². The van der Waals surface area contributed by atoms with Crippen molar-refractivity contribution in [2.45, 2.75) is 19.8 Å². The molecule has 3 N–H and O–H groups in total. The molecule has 0 aliphatic rings. The van der Waals surface area contributed by atoms with E-state index in [1.807, 2.05) is 6.92 Å². The van der Waals surface area contributed by atoms with Gasteiger partial charge in [-0.3, -0.25) is 14.4 Å². The lowest BCUT2D eigenvalue weighted by atomic mass is 10.3. The molecule has 0 heterocycles. The second kappa shape index (κ2) is 8.46. The SMILES string of the molecule is CCOCCCC(=O)NOCC(N)=O. The first kappa shape index (κ1) is 12.9. The smallest absolute Gasteiger partial charge is 0.246 e. The summed E-state index contributed by atoms with van der Waals surface area (Å²) in [5.41, 5.74) is 6.88. The van der Waals surface area contributed by atoms with Crippen molar-refractivity contribution in [3.05, 3.63) is 0 Å². The highest BCUT2D eigenvalue weighted by Gasteiger charge is 2.01. The van der Waals surface area contributed by atoms with Crippen molar-refractivity contribution in [2.24, 2.45) is 5.73 Å². The Bertz CT molecular complexity index is 184. The summed E-state index contributed by atoms with van der Waals surface area (Å²) in [4.78, 5) is 25.6. The van der Waals surface area contributed by atoms with Gasteiger partial charge in [0.15, 0.2) is 6.61 Å². The van der Waals surface area contributed by atoms with Gasteiger partial charge in [0.05, 0.1) is 0 Å². The summed E-state index contributed by atoms with van der Waals surface area (Å²) in [5, 5.41) is 0. The number of carbonyl (C=O) groups excluding carboxylic acids is 2. The molecule has 82 valence electrons. The molecule has 0 aromatic rings. The van der Waals surface area contributed by atoms with Crippen LogP contribution in [0.3, 0.4) is 0 Å². The van der Waals surface area contributed by atoms with Gasteiger partial charge in [0.2, 0.25) is 11.8 Å². The lowest BCUT2D eigenvalue weighted by molar-refractivity contribution is -0.138. The fourth-order valence-electron chi connectivity index (χ4n) is 0.718. The van der Waals surface area contributed by atoms with Crippen LogP contribution >= 0.6 is 0 Å². The molecule has 2 amide bonds. The summed E-state index contributed by atoms with van der Waals surface area (Å²) in [6.45, 7) is 2.76. The molecule has 0 aromatic heterocycles. The zero-order valence-corrected chi connectivity index (χ0v) is 8.25. The Labute approximate surface area is 82.7 Å². The number of hydroxylamine groups is 1. The predicted octanol–water partition coefficient (Wildman–Crippen LogP) is -0.664. The van der Waals surface area contributed by atoms with Crippen LogP contribution in [-0.2, 0) is 19.2 Å². The summed E-state index contributed by atoms with van der Waals surface area (Å²) in [7, 11) is 0. The molecule has 0 aromatic carbocycles. The molecule has 0 radical (unpaired) electrons. The maximum absolute atomic E-state index is 10.9. The predicted molar refractivity (Wildman–Crippen MR) is 49.0 cm³/mol. The first-order valence-electron chi connectivity index (χ1n) is 4.43. The number of nitrogens with one attached hydrogen (secondary N) is 1. The lowest BCUT2D eigenvalue weighted by Gasteiger charge is -2.03. The van der Waals surface area contributed by atoms with Crippen molar-refractivity contribution in [2.75, 3.05) is 19.8 Å². The number of primary amides is 1. The van der Waals surface area contributed by atoms with Crippen molar-refractivity contribution in [1.82, 2.24) is 5.48 Å². The molecule has 0 unspecified atom stereocenters. The van der Waals surface area contributed by atoms with Gasteiger partial charge in [-0.05, 0) is 13.3 Å². The number of hydrogen-bond acceptors (Lipinski definition) is 4. The van der Waals surface area contributed by atoms with Crippen LogP contribution in [0.2, 0.25) is 0 Å². The second-order valence-corrected chi connectivity index (χ2v) is 2.58. The molecule has 6 heteroatoms. The van der Waals surface area contributed by atoms with E-state index in [-0.39, 0.29) is 12.5 Å². The summed E-state index contributed by atoms with van der Waals surface area (Å²) in [6.07, 6.45) is 0.929. The largest absolute Gasteiger partial charge is 0.382 e. The quantitative estimate of drug-likeness (QED) is 0.405. The number of ether oxygens (including phenoxy) is 1. The van der Waals surface area contributed by atoms with Crippen LogP contribution in [-0.4, -0.2) is 31.6 Å². The third kappa shape index (κ3) is 8.95. The van der Waals surface area contributed by atoms with Crippen LogP contribution in [0.5, 0.6) is 0 Å². The van der Waals surface area contributed by atoms with Gasteiger partial charge in [-0.15, -0.1) is 0 Å². The van der Waals surface area contributed by atoms with E-state index in [0.717, 1.165) is 0 Å². The Morgan fingerprint density at radius 1 is 1.43 bits per heavy atom. The molecular weight excluding hydrogens is 188 g/mol. The van der Waals surface area contributed by atoms with Gasteiger partial charge in [-0.1, -0.05) is 0 Å². The van der Waals surface area contributed by atoms with Crippen molar-refractivity contribution >= 4 is 11.8 Å². The molecule has 0 rings (SSSR count). The standard InChI is InChI=1S/C8H16N2O4/c1-2-13-5-3-4-8(12)10-14-6-7(9)11/h2-6H2,1H3,(H2,9,11)(H,10,12). The van der Waals surface area contributed by atoms with E-state index < -0.39 is 5.91 Å². The maximum atomic E-state index is 10.9. The molecule has 0 saturated heterocycles. The van der Waals surface area contributed by atoms with Gasteiger partial charge >= 0.3 is 0 Å². The van der Waals surface area contributed by atoms with E-state index >= 15 is 0 Å². The van der Waals surface area contributed by atoms with Gasteiger partial charge in [0, 0.05) is 19.6 Å². The highest BCUT2D eigenvalue weighted by molar-refractivity contribution is 5.76. The first-order valence-corrected chi connectivity index (χ1v) is 4.43. The normalized spacial score (nSPS) is 9.79. The van der Waals surface area contributed by atoms with E-state index in [2.05, 4.69) is 10.3 Å². The van der Waals surface area contributed by atoms with Crippen LogP contribution in [0.25, 0.3) is 0 Å². The van der Waals surface area contributed by atoms with Crippen LogP contribution in [0, 0.1) is 0 Å². The minimum absolute atomic E-state index is 0.286. The molecule has 6 nitrogen and oxygen atoms in total. The molecule has 0 spiro atoms. The van der Waals surface area contributed by atoms with E-state index in [0.29, 0.717) is 26.1 Å². The fourth-order valence-corrected chi connectivity index (χ4v) is 0.718. The first-order chi connectivity index (χ1) is 6.66. The van der Waals surface area contributed by atoms with Gasteiger partial charge in [0.1, 0.15) is 0 Å². The summed E-state index contributed by atoms with van der Waals surface area (Å²) in [5.74, 6) is -0.912. The average Bonchev–Trinajstić information content (AvgIpc) is 2.12. The Morgan fingerprint density at radius 3 is 2.71 bits per heavy atom. The third-order valence-corrected chi connectivity index (χ3v) is 1.30. The zero-order valence-electron chi connectivity index (χ0n) is 8.25. The zero-order chi connectivity index (χ0) is 10.8. The molecule has 0 saturated carbocycles. The number of carbonyl (C=O) groups is 2. The molecule has 0 fully saturated rings. The van der Waals surface area contributed by atoms with Crippen LogP contribution < -0.4 is 11.2 Å². The maximum Gasteiger partial charge on any atom is 0.246 e. The minimum Gasteiger partial charge on any atom is -0.382 e. The number of rotatable bonds is 8.